The van der Waals surface area contributed by atoms with Crippen LogP contribution in [-0.4, -0.2) is 72.0 Å². The number of nitrogens with zero attached hydrogens (tertiary/aromatic N) is 5. The minimum Gasteiger partial charge on any atom is -0.497 e. The van der Waals surface area contributed by atoms with Gasteiger partial charge in [0.1, 0.15) is 17.8 Å². The summed E-state index contributed by atoms with van der Waals surface area (Å²) in [5, 5.41) is 6.81. The third-order valence-electron chi connectivity index (χ3n) is 7.65. The lowest BCUT2D eigenvalue weighted by molar-refractivity contribution is -0.131. The molecule has 0 spiro atoms. The van der Waals surface area contributed by atoms with Crippen LogP contribution in [0.5, 0.6) is 5.75 Å². The topological polar surface area (TPSA) is 75.7 Å². The highest BCUT2D eigenvalue weighted by atomic mass is 16.5. The standard InChI is InChI=1S/C27H33N7O2/c1-36-22-9-7-21(8-10-22)31-13-15-32(16-14-31)26(35)12-11-25-28-29-27-24-19-23(20-5-3-2-4-6-20)30-34(24)18-17-33(25)27/h2-10,17-18,23-24,27,29-30H,11-16,19H2,1H3. The van der Waals surface area contributed by atoms with Crippen LogP contribution in [0.2, 0.25) is 0 Å². The summed E-state index contributed by atoms with van der Waals surface area (Å²) in [7, 11) is 1.68. The number of benzene rings is 2. The van der Waals surface area contributed by atoms with E-state index < -0.39 is 0 Å². The molecule has 2 saturated heterocycles. The van der Waals surface area contributed by atoms with E-state index in [1.54, 1.807) is 7.11 Å². The fourth-order valence-corrected chi connectivity index (χ4v) is 5.60. The summed E-state index contributed by atoms with van der Waals surface area (Å²) in [4.78, 5) is 19.5. The van der Waals surface area contributed by atoms with Crippen LogP contribution in [0.3, 0.4) is 0 Å². The Labute approximate surface area is 211 Å². The highest BCUT2D eigenvalue weighted by Gasteiger charge is 2.44. The van der Waals surface area contributed by atoms with E-state index >= 15 is 0 Å². The van der Waals surface area contributed by atoms with Gasteiger partial charge in [-0.2, -0.15) is 5.10 Å². The Balaban J connectivity index is 0.996. The molecule has 6 rings (SSSR count). The smallest absolute Gasteiger partial charge is 0.223 e. The molecule has 0 bridgehead atoms. The molecular weight excluding hydrogens is 454 g/mol. The van der Waals surface area contributed by atoms with E-state index in [9.17, 15) is 4.79 Å². The zero-order chi connectivity index (χ0) is 24.5. The highest BCUT2D eigenvalue weighted by Crippen LogP contribution is 2.34. The number of methoxy groups -OCH3 is 1. The first-order valence-corrected chi connectivity index (χ1v) is 12.7. The van der Waals surface area contributed by atoms with Crippen molar-refractivity contribution in [3.63, 3.8) is 0 Å². The summed E-state index contributed by atoms with van der Waals surface area (Å²) in [6, 6.07) is 19.2. The van der Waals surface area contributed by atoms with Gasteiger partial charge in [-0.15, -0.1) is 0 Å². The van der Waals surface area contributed by atoms with Crippen LogP contribution >= 0.6 is 0 Å². The molecule has 9 heteroatoms. The lowest BCUT2D eigenvalue weighted by atomic mass is 10.00. The Kier molecular flexibility index (Phi) is 6.14. The molecule has 3 unspecified atom stereocenters. The van der Waals surface area contributed by atoms with Crippen molar-refractivity contribution in [2.24, 2.45) is 5.10 Å². The van der Waals surface area contributed by atoms with E-state index in [-0.39, 0.29) is 24.2 Å². The molecule has 0 saturated carbocycles. The van der Waals surface area contributed by atoms with E-state index in [0.29, 0.717) is 12.8 Å². The maximum Gasteiger partial charge on any atom is 0.223 e. The summed E-state index contributed by atoms with van der Waals surface area (Å²) >= 11 is 0. The van der Waals surface area contributed by atoms with Crippen molar-refractivity contribution in [3.05, 3.63) is 72.6 Å². The summed E-state index contributed by atoms with van der Waals surface area (Å²) in [5.41, 5.74) is 9.40. The summed E-state index contributed by atoms with van der Waals surface area (Å²) in [6.45, 7) is 3.16. The first kappa shape index (κ1) is 22.7. The maximum absolute atomic E-state index is 13.0. The number of piperazine rings is 1. The molecule has 2 fully saturated rings. The van der Waals surface area contributed by atoms with Gasteiger partial charge in [0.15, 0.2) is 0 Å². The molecule has 4 aliphatic rings. The molecule has 2 aromatic rings. The fraction of sp³-hybridized carbons (Fsp3) is 0.407. The van der Waals surface area contributed by atoms with Crippen molar-refractivity contribution in [3.8, 4) is 5.75 Å². The minimum absolute atomic E-state index is 0.0781. The first-order chi connectivity index (χ1) is 17.7. The number of hydrazine groups is 1. The number of carbonyl (C=O) groups excluding carboxylic acids is 1. The Morgan fingerprint density at radius 1 is 1.03 bits per heavy atom. The Bertz CT molecular complexity index is 1130. The van der Waals surface area contributed by atoms with Crippen molar-refractivity contribution in [2.45, 2.75) is 37.5 Å². The number of amidine groups is 1. The van der Waals surface area contributed by atoms with Gasteiger partial charge in [0.05, 0.1) is 19.2 Å². The minimum atomic E-state index is 0.0781. The zero-order valence-electron chi connectivity index (χ0n) is 20.6. The molecule has 3 atom stereocenters. The zero-order valence-corrected chi connectivity index (χ0v) is 20.6. The van der Waals surface area contributed by atoms with E-state index in [1.165, 1.54) is 11.3 Å². The third kappa shape index (κ3) is 4.35. The molecule has 2 N–H and O–H groups in total. The SMILES string of the molecule is COc1ccc(N2CCN(C(=O)CCC3=NNC4C5CC(c6ccccc6)NN5C=CN34)CC2)cc1. The number of hydrazone groups is 1. The number of hydrogen-bond acceptors (Lipinski definition) is 8. The molecule has 0 radical (unpaired) electrons. The maximum atomic E-state index is 13.0. The highest BCUT2D eigenvalue weighted by molar-refractivity contribution is 5.89. The van der Waals surface area contributed by atoms with Crippen molar-refractivity contribution in [1.82, 2.24) is 25.7 Å². The van der Waals surface area contributed by atoms with Crippen LogP contribution in [0.1, 0.15) is 30.9 Å². The number of nitrogens with one attached hydrogen (secondary N) is 2. The normalized spacial score (nSPS) is 24.8. The Morgan fingerprint density at radius 2 is 1.81 bits per heavy atom. The van der Waals surface area contributed by atoms with Gasteiger partial charge >= 0.3 is 0 Å². The molecule has 188 valence electrons. The predicted octanol–water partition coefficient (Wildman–Crippen LogP) is 2.47. The average Bonchev–Trinajstić information content (AvgIpc) is 3.56. The summed E-state index contributed by atoms with van der Waals surface area (Å²) < 4.78 is 5.25. The van der Waals surface area contributed by atoms with E-state index in [2.05, 4.69) is 79.6 Å². The quantitative estimate of drug-likeness (QED) is 0.648. The van der Waals surface area contributed by atoms with Crippen LogP contribution in [0.25, 0.3) is 0 Å². The molecule has 1 amide bonds. The number of anilines is 1. The number of fused-ring (bicyclic) bond motifs is 3. The number of ether oxygens (including phenoxy) is 1. The predicted molar refractivity (Wildman–Crippen MR) is 139 cm³/mol. The Morgan fingerprint density at radius 3 is 2.56 bits per heavy atom. The number of amides is 1. The van der Waals surface area contributed by atoms with Gasteiger partial charge in [-0.05, 0) is 36.2 Å². The van der Waals surface area contributed by atoms with Crippen LogP contribution in [0.4, 0.5) is 5.69 Å². The molecule has 4 aliphatic heterocycles. The second kappa shape index (κ2) is 9.73. The van der Waals surface area contributed by atoms with Gasteiger partial charge in [-0.1, -0.05) is 30.3 Å². The third-order valence-corrected chi connectivity index (χ3v) is 7.65. The Hall–Kier alpha value is -3.72. The first-order valence-electron chi connectivity index (χ1n) is 12.7. The monoisotopic (exact) mass is 487 g/mol. The molecule has 2 aromatic carbocycles. The van der Waals surface area contributed by atoms with Gasteiger partial charge < -0.3 is 24.4 Å². The molecule has 0 aliphatic carbocycles. The van der Waals surface area contributed by atoms with Crippen LogP contribution in [0.15, 0.2) is 72.1 Å². The van der Waals surface area contributed by atoms with Crippen LogP contribution in [0, 0.1) is 0 Å². The number of hydrogen-bond donors (Lipinski definition) is 2. The van der Waals surface area contributed by atoms with Crippen LogP contribution in [-0.2, 0) is 4.79 Å². The summed E-state index contributed by atoms with van der Waals surface area (Å²) in [5.74, 6) is 1.99. The molecular formula is C27H33N7O2. The van der Waals surface area contributed by atoms with Gasteiger partial charge in [0.2, 0.25) is 5.91 Å². The van der Waals surface area contributed by atoms with E-state index in [1.807, 2.05) is 23.1 Å². The number of carbonyl (C=O) groups is 1. The molecule has 4 heterocycles. The van der Waals surface area contributed by atoms with Crippen molar-refractivity contribution < 1.29 is 9.53 Å². The second-order valence-corrected chi connectivity index (χ2v) is 9.68. The van der Waals surface area contributed by atoms with Crippen molar-refractivity contribution >= 4 is 17.4 Å². The molecule has 36 heavy (non-hydrogen) atoms. The lowest BCUT2D eigenvalue weighted by Gasteiger charge is -2.37. The van der Waals surface area contributed by atoms with E-state index in [4.69, 9.17) is 4.74 Å². The summed E-state index contributed by atoms with van der Waals surface area (Å²) in [6.07, 6.45) is 6.33. The van der Waals surface area contributed by atoms with E-state index in [0.717, 1.165) is 44.2 Å². The van der Waals surface area contributed by atoms with Crippen molar-refractivity contribution in [2.75, 3.05) is 38.2 Å². The van der Waals surface area contributed by atoms with Gasteiger partial charge in [0, 0.05) is 57.1 Å². The van der Waals surface area contributed by atoms with Gasteiger partial charge in [-0.3, -0.25) is 10.2 Å². The molecule has 0 aromatic heterocycles. The van der Waals surface area contributed by atoms with Gasteiger partial charge in [0.25, 0.3) is 0 Å². The number of rotatable bonds is 6. The largest absolute Gasteiger partial charge is 0.497 e. The fourth-order valence-electron chi connectivity index (χ4n) is 5.60. The van der Waals surface area contributed by atoms with Gasteiger partial charge in [-0.25, -0.2) is 5.43 Å². The van der Waals surface area contributed by atoms with Crippen LogP contribution < -0.4 is 20.5 Å². The lowest BCUT2D eigenvalue weighted by Crippen LogP contribution is -2.54. The second-order valence-electron chi connectivity index (χ2n) is 9.68. The van der Waals surface area contributed by atoms with Crippen molar-refractivity contribution in [1.29, 1.82) is 0 Å². The average molecular weight is 488 g/mol. The molecule has 9 nitrogen and oxygen atoms in total.